The van der Waals surface area contributed by atoms with Crippen molar-refractivity contribution in [3.8, 4) is 6.07 Å². The molecule has 2 aliphatic heterocycles. The number of piperidine rings is 1. The summed E-state index contributed by atoms with van der Waals surface area (Å²) >= 11 is 0. The van der Waals surface area contributed by atoms with Crippen LogP contribution in [-0.2, 0) is 20.7 Å². The van der Waals surface area contributed by atoms with Gasteiger partial charge in [-0.3, -0.25) is 14.5 Å². The smallest absolute Gasteiger partial charge is 0.310 e. The van der Waals surface area contributed by atoms with E-state index in [1.54, 1.807) is 6.92 Å². The summed E-state index contributed by atoms with van der Waals surface area (Å²) in [7, 11) is 0. The molecular weight excluding hydrogens is 470 g/mol. The van der Waals surface area contributed by atoms with E-state index in [0.29, 0.717) is 71.5 Å². The van der Waals surface area contributed by atoms with Gasteiger partial charge in [0, 0.05) is 30.1 Å². The van der Waals surface area contributed by atoms with E-state index < -0.39 is 0 Å². The van der Waals surface area contributed by atoms with Crippen LogP contribution in [0, 0.1) is 29.1 Å². The van der Waals surface area contributed by atoms with Gasteiger partial charge < -0.3 is 21.1 Å². The fourth-order valence-electron chi connectivity index (χ4n) is 6.44. The van der Waals surface area contributed by atoms with E-state index in [1.165, 1.54) is 0 Å². The van der Waals surface area contributed by atoms with E-state index in [0.717, 1.165) is 25.7 Å². The molecule has 0 bridgehead atoms. The third kappa shape index (κ3) is 4.10. The lowest BCUT2D eigenvalue weighted by molar-refractivity contribution is -0.148. The number of aromatic nitrogens is 2. The third-order valence-electron chi connectivity index (χ3n) is 8.53. The van der Waals surface area contributed by atoms with Crippen molar-refractivity contribution in [3.63, 3.8) is 0 Å². The van der Waals surface area contributed by atoms with Crippen LogP contribution in [0.5, 0.6) is 0 Å². The number of hydrogen-bond donors (Lipinski definition) is 2. The highest BCUT2D eigenvalue weighted by Gasteiger charge is 2.42. The summed E-state index contributed by atoms with van der Waals surface area (Å²) < 4.78 is 5.25. The lowest BCUT2D eigenvalue weighted by Crippen LogP contribution is -2.46. The third-order valence-corrected chi connectivity index (χ3v) is 8.53. The Morgan fingerprint density at radius 2 is 1.84 bits per heavy atom. The van der Waals surface area contributed by atoms with Crippen LogP contribution < -0.4 is 21.3 Å². The average molecular weight is 506 g/mol. The largest absolute Gasteiger partial charge is 0.466 e. The number of rotatable bonds is 4. The van der Waals surface area contributed by atoms with Crippen molar-refractivity contribution in [2.75, 3.05) is 41.0 Å². The molecule has 37 heavy (non-hydrogen) atoms. The van der Waals surface area contributed by atoms with Crippen molar-refractivity contribution in [2.45, 2.75) is 65.3 Å². The predicted octanol–water partition coefficient (Wildman–Crippen LogP) is 3.16. The van der Waals surface area contributed by atoms with Crippen molar-refractivity contribution >= 4 is 45.9 Å². The average Bonchev–Trinajstić information content (AvgIpc) is 3.21. The maximum atomic E-state index is 13.4. The number of hydrogen-bond acceptors (Lipinski definition) is 9. The first kappa shape index (κ1) is 25.1. The number of nitrogens with zero attached hydrogens (tertiary/aromatic N) is 5. The molecule has 3 aliphatic rings. The number of carbonyl (C=O) groups is 2. The van der Waals surface area contributed by atoms with Gasteiger partial charge in [0.05, 0.1) is 24.3 Å². The summed E-state index contributed by atoms with van der Waals surface area (Å²) in [5.41, 5.74) is 13.8. The molecule has 196 valence electrons. The van der Waals surface area contributed by atoms with Crippen LogP contribution in [0.2, 0.25) is 0 Å². The van der Waals surface area contributed by atoms with Gasteiger partial charge in [-0.2, -0.15) is 5.26 Å². The number of carbonyl (C=O) groups excluding carboxylic acids is 2. The molecule has 2 aromatic heterocycles. The van der Waals surface area contributed by atoms with E-state index in [4.69, 9.17) is 16.2 Å². The highest BCUT2D eigenvalue weighted by atomic mass is 16.5. The van der Waals surface area contributed by atoms with Crippen molar-refractivity contribution in [3.05, 3.63) is 11.1 Å². The minimum Gasteiger partial charge on any atom is -0.466 e. The Kier molecular flexibility index (Phi) is 6.56. The first-order valence-corrected chi connectivity index (χ1v) is 13.3. The first-order valence-electron chi connectivity index (χ1n) is 13.3. The number of nitrogen functional groups attached to an aromatic ring is 2. The summed E-state index contributed by atoms with van der Waals surface area (Å²) in [5, 5.41) is 11.3. The van der Waals surface area contributed by atoms with Crippen LogP contribution in [0.15, 0.2) is 0 Å². The van der Waals surface area contributed by atoms with Crippen LogP contribution in [0.4, 0.5) is 23.3 Å². The summed E-state index contributed by atoms with van der Waals surface area (Å²) in [6.45, 7) is 7.55. The number of ether oxygens (including phenoxy) is 1. The maximum absolute atomic E-state index is 13.4. The van der Waals surface area contributed by atoms with Crippen molar-refractivity contribution in [2.24, 2.45) is 17.8 Å². The second-order valence-electron chi connectivity index (χ2n) is 10.7. The Hall–Kier alpha value is -3.61. The summed E-state index contributed by atoms with van der Waals surface area (Å²) in [6.07, 6.45) is 4.72. The van der Waals surface area contributed by atoms with Gasteiger partial charge in [0.25, 0.3) is 0 Å². The zero-order valence-corrected chi connectivity index (χ0v) is 21.8. The molecule has 0 aromatic carbocycles. The van der Waals surface area contributed by atoms with E-state index in [1.807, 2.05) is 9.80 Å². The molecule has 1 amide bonds. The zero-order chi connectivity index (χ0) is 26.4. The SMILES string of the molecule is CCOC(=O)[C@@H]1CCCN(c2nc(N)c3c(N)nc4c(c3c2C#N)CC(=O)N4[C@@H]2CCC[C@H](C)[C@@H]2C)C1. The number of esters is 1. The van der Waals surface area contributed by atoms with Crippen LogP contribution in [0.25, 0.3) is 10.8 Å². The van der Waals surface area contributed by atoms with Gasteiger partial charge in [-0.25, -0.2) is 9.97 Å². The Bertz CT molecular complexity index is 1300. The van der Waals surface area contributed by atoms with Crippen LogP contribution in [0.3, 0.4) is 0 Å². The van der Waals surface area contributed by atoms with Gasteiger partial charge in [-0.15, -0.1) is 0 Å². The van der Waals surface area contributed by atoms with Gasteiger partial charge in [0.2, 0.25) is 5.91 Å². The molecule has 2 fully saturated rings. The lowest BCUT2D eigenvalue weighted by atomic mass is 9.77. The van der Waals surface area contributed by atoms with Gasteiger partial charge in [0.15, 0.2) is 0 Å². The highest BCUT2D eigenvalue weighted by molar-refractivity contribution is 6.13. The molecule has 10 nitrogen and oxygen atoms in total. The molecular formula is C27H35N7O3. The van der Waals surface area contributed by atoms with E-state index in [9.17, 15) is 14.9 Å². The standard InChI is InChI=1S/C27H35N7O3/c1-4-37-27(36)16-8-6-10-33(13-16)25-18(12-28)21-17-11-20(35)34(19-9-5-7-14(2)15(19)3)26(17)32-24(30)22(21)23(29)31-25/h14-16,19H,4-11,13H2,1-3H3,(H2,29,31)(H2,30,32)/t14-,15-,16+,19+/m0/s1. The monoisotopic (exact) mass is 505 g/mol. The molecule has 0 radical (unpaired) electrons. The van der Waals surface area contributed by atoms with Crippen LogP contribution in [0.1, 0.15) is 64.0 Å². The van der Waals surface area contributed by atoms with Gasteiger partial charge in [0.1, 0.15) is 34.9 Å². The molecule has 2 aromatic rings. The molecule has 1 saturated heterocycles. The highest BCUT2D eigenvalue weighted by Crippen LogP contribution is 2.45. The van der Waals surface area contributed by atoms with Gasteiger partial charge >= 0.3 is 5.97 Å². The molecule has 10 heteroatoms. The lowest BCUT2D eigenvalue weighted by Gasteiger charge is -2.39. The van der Waals surface area contributed by atoms with Crippen molar-refractivity contribution in [1.82, 2.24) is 9.97 Å². The molecule has 4 atom stereocenters. The molecule has 4 N–H and O–H groups in total. The van der Waals surface area contributed by atoms with Crippen LogP contribution >= 0.6 is 0 Å². The predicted molar refractivity (Wildman–Crippen MR) is 142 cm³/mol. The fourth-order valence-corrected chi connectivity index (χ4v) is 6.44. The maximum Gasteiger partial charge on any atom is 0.310 e. The molecule has 4 heterocycles. The second kappa shape index (κ2) is 9.69. The Morgan fingerprint density at radius 3 is 2.54 bits per heavy atom. The number of pyridine rings is 2. The number of nitrogens with two attached hydrogens (primary N) is 2. The second-order valence-corrected chi connectivity index (χ2v) is 10.7. The fraction of sp³-hybridized carbons (Fsp3) is 0.593. The number of amides is 1. The summed E-state index contributed by atoms with van der Waals surface area (Å²) in [6, 6.07) is 2.37. The van der Waals surface area contributed by atoms with E-state index in [-0.39, 0.29) is 41.9 Å². The van der Waals surface area contributed by atoms with E-state index in [2.05, 4.69) is 29.9 Å². The summed E-state index contributed by atoms with van der Waals surface area (Å²) in [5.74, 6) is 1.54. The van der Waals surface area contributed by atoms with E-state index >= 15 is 0 Å². The number of nitriles is 1. The Balaban J connectivity index is 1.64. The van der Waals surface area contributed by atoms with Gasteiger partial charge in [-0.1, -0.05) is 26.7 Å². The number of fused-ring (bicyclic) bond motifs is 3. The Labute approximate surface area is 216 Å². The van der Waals surface area contributed by atoms with Crippen molar-refractivity contribution < 1.29 is 14.3 Å². The quantitative estimate of drug-likeness (QED) is 0.597. The molecule has 1 saturated carbocycles. The Morgan fingerprint density at radius 1 is 1.11 bits per heavy atom. The molecule has 0 spiro atoms. The normalized spacial score (nSPS) is 25.7. The minimum absolute atomic E-state index is 0.0264. The number of anilines is 4. The minimum atomic E-state index is -0.306. The topological polar surface area (TPSA) is 151 Å². The zero-order valence-electron chi connectivity index (χ0n) is 21.8. The summed E-state index contributed by atoms with van der Waals surface area (Å²) in [4.78, 5) is 38.9. The first-order chi connectivity index (χ1) is 17.8. The van der Waals surface area contributed by atoms with Gasteiger partial charge in [-0.05, 0) is 38.0 Å². The molecule has 5 rings (SSSR count). The molecule has 0 unspecified atom stereocenters. The van der Waals surface area contributed by atoms with Crippen LogP contribution in [-0.4, -0.2) is 47.6 Å². The van der Waals surface area contributed by atoms with Crippen molar-refractivity contribution in [1.29, 1.82) is 5.26 Å². The molecule has 1 aliphatic carbocycles.